The van der Waals surface area contributed by atoms with Crippen molar-refractivity contribution in [2.45, 2.75) is 39.0 Å². The van der Waals surface area contributed by atoms with E-state index in [0.29, 0.717) is 36.1 Å². The summed E-state index contributed by atoms with van der Waals surface area (Å²) in [5.41, 5.74) is 0.931. The van der Waals surface area contributed by atoms with Gasteiger partial charge in [-0.15, -0.1) is 0 Å². The molecule has 1 unspecified atom stereocenters. The number of carbonyl (C=O) groups excluding carboxylic acids is 2. The number of urea groups is 1. The van der Waals surface area contributed by atoms with Crippen molar-refractivity contribution < 1.29 is 19.1 Å². The number of ether oxygens (including phenoxy) is 2. The van der Waals surface area contributed by atoms with Crippen molar-refractivity contribution in [2.24, 2.45) is 0 Å². The van der Waals surface area contributed by atoms with E-state index in [1.165, 1.54) is 11.3 Å². The van der Waals surface area contributed by atoms with Gasteiger partial charge in [0.15, 0.2) is 16.6 Å². The molecule has 0 spiro atoms. The van der Waals surface area contributed by atoms with Crippen LogP contribution in [0.25, 0.3) is 0 Å². The van der Waals surface area contributed by atoms with Gasteiger partial charge in [-0.2, -0.15) is 0 Å². The first-order valence-corrected chi connectivity index (χ1v) is 10.0. The number of nitrogens with one attached hydrogen (secondary N) is 2. The second-order valence-electron chi connectivity index (χ2n) is 7.02. The predicted molar refractivity (Wildman–Crippen MR) is 105 cm³/mol. The fourth-order valence-electron chi connectivity index (χ4n) is 3.18. The predicted octanol–water partition coefficient (Wildman–Crippen LogP) is 2.40. The quantitative estimate of drug-likeness (QED) is 0.822. The molecule has 4 rings (SSSR count). The third-order valence-corrected chi connectivity index (χ3v) is 5.47. The lowest BCUT2D eigenvalue weighted by Crippen LogP contribution is -2.47. The van der Waals surface area contributed by atoms with Gasteiger partial charge in [0.05, 0.1) is 12.2 Å². The third kappa shape index (κ3) is 3.89. The van der Waals surface area contributed by atoms with Crippen LogP contribution in [0.4, 0.5) is 9.93 Å². The zero-order valence-corrected chi connectivity index (χ0v) is 16.5. The lowest BCUT2D eigenvalue weighted by Gasteiger charge is -2.32. The summed E-state index contributed by atoms with van der Waals surface area (Å²) in [7, 11) is 0. The van der Waals surface area contributed by atoms with E-state index in [0.717, 1.165) is 10.6 Å². The summed E-state index contributed by atoms with van der Waals surface area (Å²) in [6.45, 7) is 5.01. The molecule has 1 aromatic heterocycles. The van der Waals surface area contributed by atoms with E-state index < -0.39 is 6.10 Å². The first-order valence-electron chi connectivity index (χ1n) is 9.23. The Balaban J connectivity index is 1.40. The van der Waals surface area contributed by atoms with Gasteiger partial charge in [0, 0.05) is 23.9 Å². The first-order chi connectivity index (χ1) is 13.5. The number of amides is 3. The molecule has 2 N–H and O–H groups in total. The van der Waals surface area contributed by atoms with Crippen molar-refractivity contribution >= 4 is 28.4 Å². The van der Waals surface area contributed by atoms with Gasteiger partial charge in [-0.3, -0.25) is 10.1 Å². The molecule has 0 aliphatic carbocycles. The molecule has 2 aromatic rings. The maximum absolute atomic E-state index is 12.9. The molecular formula is C19H22N4O4S. The van der Waals surface area contributed by atoms with E-state index in [4.69, 9.17) is 9.47 Å². The van der Waals surface area contributed by atoms with Crippen molar-refractivity contribution in [3.05, 3.63) is 34.8 Å². The number of nitrogens with zero attached hydrogens (tertiary/aromatic N) is 2. The monoisotopic (exact) mass is 402 g/mol. The number of carbonyl (C=O) groups is 2. The van der Waals surface area contributed by atoms with Crippen molar-refractivity contribution in [1.82, 2.24) is 15.2 Å². The number of para-hydroxylation sites is 2. The number of benzene rings is 1. The highest BCUT2D eigenvalue weighted by Crippen LogP contribution is 2.33. The Kier molecular flexibility index (Phi) is 5.08. The normalized spacial score (nSPS) is 17.8. The highest BCUT2D eigenvalue weighted by Gasteiger charge is 2.33. The lowest BCUT2D eigenvalue weighted by atomic mass is 10.1. The molecule has 9 heteroatoms. The van der Waals surface area contributed by atoms with E-state index in [1.807, 2.05) is 32.0 Å². The Bertz CT molecular complexity index is 898. The highest BCUT2D eigenvalue weighted by atomic mass is 32.1. The minimum absolute atomic E-state index is 0.0468. The van der Waals surface area contributed by atoms with E-state index in [1.54, 1.807) is 11.0 Å². The standard InChI is InChI=1S/C19H22N4O4S/c1-11(2)20-18(25)22-19-21-12-7-8-23(9-16(12)28-19)17(24)15-10-26-13-5-3-4-6-14(13)27-15/h3-6,11,15H,7-10H2,1-2H3,(H2,20,21,22,25). The largest absolute Gasteiger partial charge is 0.485 e. The SMILES string of the molecule is CC(C)NC(=O)Nc1nc2c(s1)CN(C(=O)C1COc3ccccc3O1)CC2. The molecule has 3 heterocycles. The van der Waals surface area contributed by atoms with Gasteiger partial charge in [0.1, 0.15) is 6.61 Å². The molecule has 0 bridgehead atoms. The molecule has 1 aromatic carbocycles. The average Bonchev–Trinajstić information content (AvgIpc) is 3.07. The Morgan fingerprint density at radius 3 is 2.86 bits per heavy atom. The van der Waals surface area contributed by atoms with Crippen LogP contribution in [0.15, 0.2) is 24.3 Å². The Morgan fingerprint density at radius 1 is 1.29 bits per heavy atom. The Morgan fingerprint density at radius 2 is 2.07 bits per heavy atom. The van der Waals surface area contributed by atoms with E-state index in [-0.39, 0.29) is 24.6 Å². The number of anilines is 1. The molecule has 0 radical (unpaired) electrons. The molecule has 8 nitrogen and oxygen atoms in total. The van der Waals surface area contributed by atoms with Crippen LogP contribution >= 0.6 is 11.3 Å². The van der Waals surface area contributed by atoms with Gasteiger partial charge in [-0.1, -0.05) is 23.5 Å². The molecule has 2 aliphatic rings. The maximum Gasteiger partial charge on any atom is 0.321 e. The van der Waals surface area contributed by atoms with Crippen LogP contribution in [0.5, 0.6) is 11.5 Å². The molecule has 28 heavy (non-hydrogen) atoms. The van der Waals surface area contributed by atoms with Crippen LogP contribution in [0.3, 0.4) is 0 Å². The van der Waals surface area contributed by atoms with Gasteiger partial charge in [-0.25, -0.2) is 9.78 Å². The van der Waals surface area contributed by atoms with Crippen LogP contribution in [0.2, 0.25) is 0 Å². The van der Waals surface area contributed by atoms with Crippen molar-refractivity contribution in [2.75, 3.05) is 18.5 Å². The summed E-state index contributed by atoms with van der Waals surface area (Å²) in [5, 5.41) is 6.07. The van der Waals surface area contributed by atoms with Crippen LogP contribution in [-0.2, 0) is 17.8 Å². The highest BCUT2D eigenvalue weighted by molar-refractivity contribution is 7.15. The van der Waals surface area contributed by atoms with Gasteiger partial charge in [0.25, 0.3) is 5.91 Å². The summed E-state index contributed by atoms with van der Waals surface area (Å²) in [6.07, 6.45) is -0.00587. The molecule has 0 fully saturated rings. The smallest absolute Gasteiger partial charge is 0.321 e. The second kappa shape index (κ2) is 7.67. The molecule has 3 amide bonds. The topological polar surface area (TPSA) is 92.8 Å². The van der Waals surface area contributed by atoms with Gasteiger partial charge in [-0.05, 0) is 26.0 Å². The zero-order valence-electron chi connectivity index (χ0n) is 15.7. The van der Waals surface area contributed by atoms with Gasteiger partial charge < -0.3 is 19.7 Å². The lowest BCUT2D eigenvalue weighted by molar-refractivity contribution is -0.142. The summed E-state index contributed by atoms with van der Waals surface area (Å²) >= 11 is 1.40. The number of hydrogen-bond acceptors (Lipinski definition) is 6. The van der Waals surface area contributed by atoms with E-state index in [9.17, 15) is 9.59 Å². The first kappa shape index (κ1) is 18.5. The summed E-state index contributed by atoms with van der Waals surface area (Å²) < 4.78 is 11.5. The minimum atomic E-state index is -0.654. The molecule has 0 saturated heterocycles. The third-order valence-electron chi connectivity index (χ3n) is 4.47. The average molecular weight is 402 g/mol. The summed E-state index contributed by atoms with van der Waals surface area (Å²) in [5.74, 6) is 1.15. The van der Waals surface area contributed by atoms with Gasteiger partial charge >= 0.3 is 6.03 Å². The van der Waals surface area contributed by atoms with Crippen molar-refractivity contribution in [1.29, 1.82) is 0 Å². The van der Waals surface area contributed by atoms with Crippen LogP contribution in [0.1, 0.15) is 24.4 Å². The number of hydrogen-bond donors (Lipinski definition) is 2. The minimum Gasteiger partial charge on any atom is -0.485 e. The fourth-order valence-corrected chi connectivity index (χ4v) is 4.20. The Labute approximate surface area is 166 Å². The second-order valence-corrected chi connectivity index (χ2v) is 8.10. The molecule has 2 aliphatic heterocycles. The van der Waals surface area contributed by atoms with Crippen LogP contribution in [0, 0.1) is 0 Å². The molecule has 148 valence electrons. The molecule has 1 atom stereocenters. The zero-order chi connectivity index (χ0) is 19.7. The maximum atomic E-state index is 12.9. The van der Waals surface area contributed by atoms with Crippen LogP contribution in [-0.4, -0.2) is 47.1 Å². The number of thiazole rings is 1. The van der Waals surface area contributed by atoms with Crippen molar-refractivity contribution in [3.8, 4) is 11.5 Å². The van der Waals surface area contributed by atoms with Crippen molar-refractivity contribution in [3.63, 3.8) is 0 Å². The summed E-state index contributed by atoms with van der Waals surface area (Å²) in [4.78, 5) is 32.0. The number of rotatable bonds is 3. The van der Waals surface area contributed by atoms with E-state index >= 15 is 0 Å². The Hall–Kier alpha value is -2.81. The molecule has 0 saturated carbocycles. The number of aromatic nitrogens is 1. The number of fused-ring (bicyclic) bond motifs is 2. The van der Waals surface area contributed by atoms with E-state index in [2.05, 4.69) is 15.6 Å². The fraction of sp³-hybridized carbons (Fsp3) is 0.421. The van der Waals surface area contributed by atoms with Gasteiger partial charge in [0.2, 0.25) is 6.10 Å². The van der Waals surface area contributed by atoms with Crippen LogP contribution < -0.4 is 20.1 Å². The molecular weight excluding hydrogens is 380 g/mol. The summed E-state index contributed by atoms with van der Waals surface area (Å²) in [6, 6.07) is 7.11.